The number of carbonyl (C=O) groups is 2. The van der Waals surface area contributed by atoms with Gasteiger partial charge in [-0.1, -0.05) is 69.2 Å². The summed E-state index contributed by atoms with van der Waals surface area (Å²) in [6.45, 7) is 3.89. The first kappa shape index (κ1) is 27.7. The van der Waals surface area contributed by atoms with Crippen molar-refractivity contribution in [1.29, 1.82) is 0 Å². The van der Waals surface area contributed by atoms with Gasteiger partial charge in [0.15, 0.2) is 0 Å². The van der Waals surface area contributed by atoms with E-state index in [0.717, 1.165) is 53.8 Å². The Labute approximate surface area is 215 Å². The maximum Gasteiger partial charge on any atom is 0.244 e. The Morgan fingerprint density at radius 3 is 2.17 bits per heavy atom. The number of hydrogen-bond acceptors (Lipinski definition) is 4. The van der Waals surface area contributed by atoms with Crippen LogP contribution in [0.2, 0.25) is 0 Å². The quantitative estimate of drug-likeness (QED) is 0.466. The first-order valence-corrected chi connectivity index (χ1v) is 14.8. The van der Waals surface area contributed by atoms with Gasteiger partial charge in [0, 0.05) is 12.6 Å². The van der Waals surface area contributed by atoms with Crippen molar-refractivity contribution in [2.45, 2.75) is 70.9 Å². The van der Waals surface area contributed by atoms with Crippen LogP contribution < -0.4 is 9.62 Å². The van der Waals surface area contributed by atoms with Gasteiger partial charge < -0.3 is 10.2 Å². The molecule has 3 rings (SSSR count). The SMILES string of the molecule is CCc1ccc(N(CC(=O)N(CCc2ccccc2)[C@@H](CC)C(=O)NC2CCCC2)S(C)(=O)=O)cc1. The number of aryl methyl sites for hydroxylation is 1. The minimum absolute atomic E-state index is 0.141. The highest BCUT2D eigenvalue weighted by Crippen LogP contribution is 2.21. The number of rotatable bonds is 12. The number of sulfonamides is 1. The van der Waals surface area contributed by atoms with Gasteiger partial charge in [0.2, 0.25) is 21.8 Å². The zero-order chi connectivity index (χ0) is 26.1. The summed E-state index contributed by atoms with van der Waals surface area (Å²) in [6.07, 6.45) is 7.06. The van der Waals surface area contributed by atoms with Gasteiger partial charge in [0.05, 0.1) is 11.9 Å². The standard InChI is InChI=1S/C28H39N3O4S/c1-4-22-15-17-25(18-16-22)31(36(3,34)35)21-27(32)30(20-19-23-11-7-6-8-12-23)26(5-2)28(33)29-24-13-9-10-14-24/h6-8,11-12,15-18,24,26H,4-5,9-10,13-14,19-21H2,1-3H3,(H,29,33)/t26-/m0/s1. The third kappa shape index (κ3) is 7.56. The Hall–Kier alpha value is -2.87. The van der Waals surface area contributed by atoms with Crippen molar-refractivity contribution in [2.75, 3.05) is 23.7 Å². The molecule has 36 heavy (non-hydrogen) atoms. The maximum absolute atomic E-state index is 13.7. The van der Waals surface area contributed by atoms with Crippen LogP contribution in [0.4, 0.5) is 5.69 Å². The van der Waals surface area contributed by atoms with Gasteiger partial charge in [0.25, 0.3) is 0 Å². The van der Waals surface area contributed by atoms with Crippen molar-refractivity contribution in [3.05, 3.63) is 65.7 Å². The fourth-order valence-corrected chi connectivity index (χ4v) is 5.62. The van der Waals surface area contributed by atoms with Crippen LogP contribution in [0.1, 0.15) is 57.1 Å². The topological polar surface area (TPSA) is 86.8 Å². The third-order valence-electron chi connectivity index (χ3n) is 6.88. The Morgan fingerprint density at radius 1 is 0.972 bits per heavy atom. The van der Waals surface area contributed by atoms with Crippen LogP contribution in [-0.2, 0) is 32.5 Å². The van der Waals surface area contributed by atoms with E-state index < -0.39 is 16.1 Å². The molecule has 0 spiro atoms. The molecule has 1 fully saturated rings. The van der Waals surface area contributed by atoms with Crippen molar-refractivity contribution < 1.29 is 18.0 Å². The minimum Gasteiger partial charge on any atom is -0.352 e. The number of hydrogen-bond donors (Lipinski definition) is 1. The van der Waals surface area contributed by atoms with E-state index in [-0.39, 0.29) is 24.4 Å². The second kappa shape index (κ2) is 12.9. The molecule has 0 saturated heterocycles. The van der Waals surface area contributed by atoms with Crippen LogP contribution in [0, 0.1) is 0 Å². The molecule has 2 aromatic carbocycles. The van der Waals surface area contributed by atoms with E-state index in [2.05, 4.69) is 5.32 Å². The van der Waals surface area contributed by atoms with Crippen molar-refractivity contribution in [3.8, 4) is 0 Å². The van der Waals surface area contributed by atoms with E-state index in [1.807, 2.05) is 56.3 Å². The van der Waals surface area contributed by atoms with Gasteiger partial charge in [-0.25, -0.2) is 8.42 Å². The van der Waals surface area contributed by atoms with E-state index in [1.165, 1.54) is 0 Å². The number of nitrogens with one attached hydrogen (secondary N) is 1. The van der Waals surface area contributed by atoms with E-state index in [4.69, 9.17) is 0 Å². The molecule has 2 aromatic rings. The first-order valence-electron chi connectivity index (χ1n) is 12.9. The molecule has 1 N–H and O–H groups in total. The van der Waals surface area contributed by atoms with Crippen LogP contribution in [0.5, 0.6) is 0 Å². The predicted octanol–water partition coefficient (Wildman–Crippen LogP) is 3.92. The van der Waals surface area contributed by atoms with E-state index in [1.54, 1.807) is 17.0 Å². The third-order valence-corrected chi connectivity index (χ3v) is 8.02. The highest BCUT2D eigenvalue weighted by atomic mass is 32.2. The Bertz CT molecular complexity index is 1100. The average molecular weight is 514 g/mol. The second-order valence-corrected chi connectivity index (χ2v) is 11.4. The monoisotopic (exact) mass is 513 g/mol. The lowest BCUT2D eigenvalue weighted by molar-refractivity contribution is -0.139. The first-order chi connectivity index (χ1) is 17.2. The summed E-state index contributed by atoms with van der Waals surface area (Å²) in [6, 6.07) is 16.5. The highest BCUT2D eigenvalue weighted by molar-refractivity contribution is 7.92. The molecule has 0 unspecified atom stereocenters. The molecule has 1 saturated carbocycles. The summed E-state index contributed by atoms with van der Waals surface area (Å²) >= 11 is 0. The van der Waals surface area contributed by atoms with Gasteiger partial charge in [-0.05, 0) is 55.4 Å². The number of carbonyl (C=O) groups excluding carboxylic acids is 2. The molecular formula is C28H39N3O4S. The molecule has 1 aliphatic rings. The summed E-state index contributed by atoms with van der Waals surface area (Å²) in [5.74, 6) is -0.548. The van der Waals surface area contributed by atoms with Crippen molar-refractivity contribution >= 4 is 27.5 Å². The zero-order valence-corrected chi connectivity index (χ0v) is 22.5. The lowest BCUT2D eigenvalue weighted by atomic mass is 10.1. The fraction of sp³-hybridized carbons (Fsp3) is 0.500. The summed E-state index contributed by atoms with van der Waals surface area (Å²) in [5.41, 5.74) is 2.57. The molecular weight excluding hydrogens is 474 g/mol. The van der Waals surface area contributed by atoms with Crippen molar-refractivity contribution in [2.24, 2.45) is 0 Å². The van der Waals surface area contributed by atoms with E-state index in [9.17, 15) is 18.0 Å². The van der Waals surface area contributed by atoms with Gasteiger partial charge in [-0.3, -0.25) is 13.9 Å². The smallest absolute Gasteiger partial charge is 0.244 e. The number of nitrogens with zero attached hydrogens (tertiary/aromatic N) is 2. The molecule has 7 nitrogen and oxygen atoms in total. The van der Waals surface area contributed by atoms with Crippen LogP contribution in [-0.4, -0.2) is 56.6 Å². The van der Waals surface area contributed by atoms with Crippen LogP contribution in [0.15, 0.2) is 54.6 Å². The molecule has 1 aliphatic carbocycles. The lowest BCUT2D eigenvalue weighted by Crippen LogP contribution is -2.54. The van der Waals surface area contributed by atoms with Gasteiger partial charge in [-0.2, -0.15) is 0 Å². The van der Waals surface area contributed by atoms with Crippen LogP contribution in [0.25, 0.3) is 0 Å². The molecule has 1 atom stereocenters. The molecule has 0 heterocycles. The van der Waals surface area contributed by atoms with E-state index in [0.29, 0.717) is 25.1 Å². The number of anilines is 1. The maximum atomic E-state index is 13.7. The summed E-state index contributed by atoms with van der Waals surface area (Å²) in [5, 5.41) is 3.13. The highest BCUT2D eigenvalue weighted by Gasteiger charge is 2.32. The second-order valence-electron chi connectivity index (χ2n) is 9.53. The summed E-state index contributed by atoms with van der Waals surface area (Å²) in [7, 11) is -3.72. The normalized spacial score (nSPS) is 14.9. The Kier molecular flexibility index (Phi) is 9.93. The number of amides is 2. The predicted molar refractivity (Wildman–Crippen MR) is 144 cm³/mol. The minimum atomic E-state index is -3.72. The molecule has 0 bridgehead atoms. The molecule has 8 heteroatoms. The Balaban J connectivity index is 1.85. The summed E-state index contributed by atoms with van der Waals surface area (Å²) < 4.78 is 26.5. The van der Waals surface area contributed by atoms with Gasteiger partial charge in [0.1, 0.15) is 12.6 Å². The molecule has 0 radical (unpaired) electrons. The van der Waals surface area contributed by atoms with Crippen molar-refractivity contribution in [3.63, 3.8) is 0 Å². The Morgan fingerprint density at radius 2 is 1.61 bits per heavy atom. The van der Waals surface area contributed by atoms with Gasteiger partial charge in [-0.15, -0.1) is 0 Å². The average Bonchev–Trinajstić information content (AvgIpc) is 3.38. The lowest BCUT2D eigenvalue weighted by Gasteiger charge is -2.33. The molecule has 196 valence electrons. The molecule has 0 aliphatic heterocycles. The summed E-state index contributed by atoms with van der Waals surface area (Å²) in [4.78, 5) is 28.5. The molecule has 2 amide bonds. The van der Waals surface area contributed by atoms with Gasteiger partial charge >= 0.3 is 0 Å². The zero-order valence-electron chi connectivity index (χ0n) is 21.7. The molecule has 0 aromatic heterocycles. The number of benzene rings is 2. The largest absolute Gasteiger partial charge is 0.352 e. The van der Waals surface area contributed by atoms with Crippen LogP contribution in [0.3, 0.4) is 0 Å². The van der Waals surface area contributed by atoms with Crippen LogP contribution >= 0.6 is 0 Å². The fourth-order valence-electron chi connectivity index (χ4n) is 4.78. The van der Waals surface area contributed by atoms with Crippen molar-refractivity contribution in [1.82, 2.24) is 10.2 Å². The van der Waals surface area contributed by atoms with E-state index >= 15 is 0 Å².